The SMILES string of the molecule is C=C(/C=C/c1ccc(O)c(O)c1)N1CCNCC1.CCC.CCc1ccc2c(c1)OCO2. The Morgan fingerprint density at radius 2 is 1.69 bits per heavy atom. The number of aromatic hydroxyl groups is 2. The van der Waals surface area contributed by atoms with Crippen LogP contribution in [0.2, 0.25) is 0 Å². The summed E-state index contributed by atoms with van der Waals surface area (Å²) in [5.74, 6) is 1.53. The van der Waals surface area contributed by atoms with Crippen molar-refractivity contribution in [2.75, 3.05) is 33.0 Å². The molecule has 1 saturated heterocycles. The summed E-state index contributed by atoms with van der Waals surface area (Å²) in [5.41, 5.74) is 3.08. The molecule has 2 aliphatic heterocycles. The van der Waals surface area contributed by atoms with Crippen LogP contribution in [0.25, 0.3) is 6.08 Å². The molecule has 0 unspecified atom stereocenters. The molecule has 0 saturated carbocycles. The van der Waals surface area contributed by atoms with Crippen LogP contribution >= 0.6 is 0 Å². The van der Waals surface area contributed by atoms with Crippen LogP contribution in [0, 0.1) is 0 Å². The van der Waals surface area contributed by atoms with E-state index in [1.807, 2.05) is 24.3 Å². The maximum Gasteiger partial charge on any atom is 0.231 e. The summed E-state index contributed by atoms with van der Waals surface area (Å²) in [4.78, 5) is 2.22. The lowest BCUT2D eigenvalue weighted by Crippen LogP contribution is -2.42. The number of fused-ring (bicyclic) bond motifs is 1. The molecule has 0 atom stereocenters. The van der Waals surface area contributed by atoms with E-state index in [0.29, 0.717) is 6.79 Å². The molecule has 3 N–H and O–H groups in total. The Labute approximate surface area is 191 Å². The fraction of sp³-hybridized carbons (Fsp3) is 0.385. The second kappa shape index (κ2) is 13.3. The lowest BCUT2D eigenvalue weighted by Gasteiger charge is -2.29. The smallest absolute Gasteiger partial charge is 0.231 e. The molecular weight excluding hydrogens is 404 g/mol. The largest absolute Gasteiger partial charge is 0.504 e. The highest BCUT2D eigenvalue weighted by Crippen LogP contribution is 2.32. The minimum absolute atomic E-state index is 0.104. The van der Waals surface area contributed by atoms with Gasteiger partial charge in [0.25, 0.3) is 0 Å². The third-order valence-electron chi connectivity index (χ3n) is 4.84. The number of phenolic OH excluding ortho intramolecular Hbond substituents is 2. The molecule has 0 aliphatic carbocycles. The minimum Gasteiger partial charge on any atom is -0.504 e. The highest BCUT2D eigenvalue weighted by molar-refractivity contribution is 5.57. The quantitative estimate of drug-likeness (QED) is 0.463. The molecule has 0 amide bonds. The van der Waals surface area contributed by atoms with Crippen molar-refractivity contribution in [3.05, 3.63) is 65.9 Å². The fourth-order valence-corrected chi connectivity index (χ4v) is 3.05. The van der Waals surface area contributed by atoms with Gasteiger partial charge in [0, 0.05) is 31.9 Å². The van der Waals surface area contributed by atoms with Gasteiger partial charge in [0.15, 0.2) is 23.0 Å². The number of phenols is 2. The maximum atomic E-state index is 9.39. The summed E-state index contributed by atoms with van der Waals surface area (Å²) in [7, 11) is 0. The summed E-state index contributed by atoms with van der Waals surface area (Å²) in [5, 5.41) is 21.9. The molecule has 1 fully saturated rings. The van der Waals surface area contributed by atoms with Crippen molar-refractivity contribution in [3.8, 4) is 23.0 Å². The predicted molar refractivity (Wildman–Crippen MR) is 130 cm³/mol. The Bertz CT molecular complexity index is 889. The van der Waals surface area contributed by atoms with Crippen molar-refractivity contribution in [2.45, 2.75) is 33.6 Å². The number of nitrogens with zero attached hydrogens (tertiary/aromatic N) is 1. The van der Waals surface area contributed by atoms with Gasteiger partial charge in [-0.3, -0.25) is 0 Å². The first-order chi connectivity index (χ1) is 15.5. The van der Waals surface area contributed by atoms with Crippen LogP contribution in [-0.4, -0.2) is 48.1 Å². The Kier molecular flexibility index (Phi) is 10.5. The first-order valence-corrected chi connectivity index (χ1v) is 11.2. The van der Waals surface area contributed by atoms with Gasteiger partial charge < -0.3 is 29.9 Å². The number of rotatable bonds is 4. The van der Waals surface area contributed by atoms with Gasteiger partial charge in [0.05, 0.1) is 0 Å². The molecule has 6 nitrogen and oxygen atoms in total. The molecule has 2 aromatic rings. The highest BCUT2D eigenvalue weighted by Gasteiger charge is 2.12. The van der Waals surface area contributed by atoms with Crippen molar-refractivity contribution >= 4 is 6.08 Å². The van der Waals surface area contributed by atoms with Gasteiger partial charge in [0.2, 0.25) is 6.79 Å². The Morgan fingerprint density at radius 1 is 1.00 bits per heavy atom. The van der Waals surface area contributed by atoms with E-state index < -0.39 is 0 Å². The van der Waals surface area contributed by atoms with Gasteiger partial charge in [-0.1, -0.05) is 52.0 Å². The first-order valence-electron chi connectivity index (χ1n) is 11.2. The zero-order valence-electron chi connectivity index (χ0n) is 19.4. The number of piperazine rings is 1. The van der Waals surface area contributed by atoms with Crippen molar-refractivity contribution < 1.29 is 19.7 Å². The number of nitrogens with one attached hydrogen (secondary N) is 1. The molecule has 2 heterocycles. The van der Waals surface area contributed by atoms with Crippen molar-refractivity contribution in [2.24, 2.45) is 0 Å². The topological polar surface area (TPSA) is 74.2 Å². The molecule has 174 valence electrons. The standard InChI is InChI=1S/C14H18N2O2.C9H10O2.C3H8/c1-11(16-8-6-15-7-9-16)2-3-12-4-5-13(17)14(18)10-12;1-2-7-3-4-8-9(5-7)11-6-10-8;1-3-2/h2-5,10,15,17-18H,1,6-9H2;3-5H,2,6H2,1H3;3H2,1-2H3/b3-2+;;. The molecule has 0 bridgehead atoms. The zero-order valence-corrected chi connectivity index (χ0v) is 19.4. The van der Waals surface area contributed by atoms with Crippen LogP contribution in [0.4, 0.5) is 0 Å². The van der Waals surface area contributed by atoms with Crippen molar-refractivity contribution in [1.29, 1.82) is 0 Å². The number of hydrogen-bond acceptors (Lipinski definition) is 6. The van der Waals surface area contributed by atoms with Gasteiger partial charge in [0.1, 0.15) is 0 Å². The van der Waals surface area contributed by atoms with Crippen LogP contribution in [0.15, 0.2) is 54.8 Å². The molecule has 0 spiro atoms. The number of aryl methyl sites for hydroxylation is 1. The summed E-state index contributed by atoms with van der Waals surface area (Å²) >= 11 is 0. The Morgan fingerprint density at radius 3 is 2.34 bits per heavy atom. The second-order valence-electron chi connectivity index (χ2n) is 7.56. The average Bonchev–Trinajstić information content (AvgIpc) is 3.29. The molecular formula is C26H36N2O4. The lowest BCUT2D eigenvalue weighted by atomic mass is 10.1. The number of allylic oxidation sites excluding steroid dienone is 1. The van der Waals surface area contributed by atoms with E-state index in [1.54, 1.807) is 6.07 Å². The van der Waals surface area contributed by atoms with Gasteiger partial charge in [-0.05, 0) is 47.9 Å². The molecule has 6 heteroatoms. The minimum atomic E-state index is -0.107. The highest BCUT2D eigenvalue weighted by atomic mass is 16.7. The van der Waals surface area contributed by atoms with Gasteiger partial charge >= 0.3 is 0 Å². The van der Waals surface area contributed by atoms with Crippen LogP contribution < -0.4 is 14.8 Å². The monoisotopic (exact) mass is 440 g/mol. The summed E-state index contributed by atoms with van der Waals surface area (Å²) < 4.78 is 10.4. The normalized spacial score (nSPS) is 14.3. The van der Waals surface area contributed by atoms with E-state index in [1.165, 1.54) is 24.1 Å². The summed E-state index contributed by atoms with van der Waals surface area (Å²) in [6, 6.07) is 10.8. The average molecular weight is 441 g/mol. The van der Waals surface area contributed by atoms with E-state index in [4.69, 9.17) is 9.47 Å². The van der Waals surface area contributed by atoms with E-state index in [-0.39, 0.29) is 11.5 Å². The van der Waals surface area contributed by atoms with Crippen LogP contribution in [-0.2, 0) is 6.42 Å². The number of benzene rings is 2. The maximum absolute atomic E-state index is 9.39. The van der Waals surface area contributed by atoms with Crippen molar-refractivity contribution in [3.63, 3.8) is 0 Å². The van der Waals surface area contributed by atoms with Crippen LogP contribution in [0.5, 0.6) is 23.0 Å². The molecule has 32 heavy (non-hydrogen) atoms. The third-order valence-corrected chi connectivity index (χ3v) is 4.84. The van der Waals surface area contributed by atoms with E-state index in [0.717, 1.165) is 55.4 Å². The lowest BCUT2D eigenvalue weighted by molar-refractivity contribution is 0.174. The Hall–Kier alpha value is -3.12. The summed E-state index contributed by atoms with van der Waals surface area (Å²) in [6.45, 7) is 14.7. The first kappa shape index (κ1) is 25.1. The van der Waals surface area contributed by atoms with Crippen LogP contribution in [0.1, 0.15) is 38.3 Å². The predicted octanol–water partition coefficient (Wildman–Crippen LogP) is 4.92. The van der Waals surface area contributed by atoms with Crippen molar-refractivity contribution in [1.82, 2.24) is 10.2 Å². The molecule has 2 aromatic carbocycles. The van der Waals surface area contributed by atoms with Gasteiger partial charge in [-0.25, -0.2) is 0 Å². The third kappa shape index (κ3) is 7.85. The number of hydrogen-bond donors (Lipinski definition) is 3. The fourth-order valence-electron chi connectivity index (χ4n) is 3.05. The van der Waals surface area contributed by atoms with Gasteiger partial charge in [-0.15, -0.1) is 0 Å². The molecule has 4 rings (SSSR count). The van der Waals surface area contributed by atoms with Gasteiger partial charge in [-0.2, -0.15) is 0 Å². The van der Waals surface area contributed by atoms with E-state index >= 15 is 0 Å². The molecule has 0 aromatic heterocycles. The zero-order chi connectivity index (χ0) is 23.3. The summed E-state index contributed by atoms with van der Waals surface area (Å²) in [6.07, 6.45) is 6.09. The molecule has 0 radical (unpaired) electrons. The Balaban J connectivity index is 0.000000220. The molecule has 2 aliphatic rings. The van der Waals surface area contributed by atoms with E-state index in [2.05, 4.69) is 43.6 Å². The number of ether oxygens (including phenoxy) is 2. The second-order valence-corrected chi connectivity index (χ2v) is 7.56. The van der Waals surface area contributed by atoms with Crippen LogP contribution in [0.3, 0.4) is 0 Å². The van der Waals surface area contributed by atoms with E-state index in [9.17, 15) is 10.2 Å².